The van der Waals surface area contributed by atoms with Gasteiger partial charge in [-0.05, 0) is 25.8 Å². The van der Waals surface area contributed by atoms with E-state index in [1.165, 1.54) is 0 Å². The molecule has 1 amide bonds. The molecule has 5 nitrogen and oxygen atoms in total. The molecule has 0 radical (unpaired) electrons. The van der Waals surface area contributed by atoms with E-state index in [1.54, 1.807) is 0 Å². The fraction of sp³-hybridized carbons (Fsp3) is 0.818. The highest BCUT2D eigenvalue weighted by atomic mass is 16.4. The molecule has 0 spiro atoms. The van der Waals surface area contributed by atoms with Crippen LogP contribution in [0, 0.1) is 5.92 Å². The van der Waals surface area contributed by atoms with Gasteiger partial charge in [0.25, 0.3) is 0 Å². The van der Waals surface area contributed by atoms with Gasteiger partial charge in [-0.25, -0.2) is 4.79 Å². The number of piperidine rings is 1. The predicted molar refractivity (Wildman–Crippen MR) is 60.1 cm³/mol. The SMILES string of the molecule is CCCC(NC(=O)C1CCCNC1)C(=O)O. The maximum atomic E-state index is 11.8. The Morgan fingerprint density at radius 2 is 2.31 bits per heavy atom. The van der Waals surface area contributed by atoms with Crippen molar-refractivity contribution in [2.75, 3.05) is 13.1 Å². The quantitative estimate of drug-likeness (QED) is 0.634. The van der Waals surface area contributed by atoms with E-state index in [4.69, 9.17) is 5.11 Å². The van der Waals surface area contributed by atoms with E-state index in [0.29, 0.717) is 13.0 Å². The molecule has 1 rings (SSSR count). The molecule has 0 aromatic heterocycles. The van der Waals surface area contributed by atoms with Crippen molar-refractivity contribution in [3.63, 3.8) is 0 Å². The number of hydrogen-bond acceptors (Lipinski definition) is 3. The maximum Gasteiger partial charge on any atom is 0.326 e. The van der Waals surface area contributed by atoms with Gasteiger partial charge in [-0.1, -0.05) is 13.3 Å². The standard InChI is InChI=1S/C11H20N2O3/c1-2-4-9(11(15)16)13-10(14)8-5-3-6-12-7-8/h8-9,12H,2-7H2,1H3,(H,13,14)(H,15,16). The number of carbonyl (C=O) groups excluding carboxylic acids is 1. The molecule has 1 aliphatic heterocycles. The zero-order chi connectivity index (χ0) is 12.0. The van der Waals surface area contributed by atoms with Crippen molar-refractivity contribution in [3.05, 3.63) is 0 Å². The maximum absolute atomic E-state index is 11.8. The van der Waals surface area contributed by atoms with Gasteiger partial charge in [0, 0.05) is 6.54 Å². The first-order valence-electron chi connectivity index (χ1n) is 5.89. The number of aliphatic carboxylic acids is 1. The topological polar surface area (TPSA) is 78.4 Å². The van der Waals surface area contributed by atoms with Crippen LogP contribution in [0.1, 0.15) is 32.6 Å². The second-order valence-electron chi connectivity index (χ2n) is 4.23. The van der Waals surface area contributed by atoms with Gasteiger partial charge in [0.15, 0.2) is 0 Å². The molecular weight excluding hydrogens is 208 g/mol. The summed E-state index contributed by atoms with van der Waals surface area (Å²) in [7, 11) is 0. The summed E-state index contributed by atoms with van der Waals surface area (Å²) in [6.07, 6.45) is 3.06. The average Bonchev–Trinajstić information content (AvgIpc) is 2.29. The van der Waals surface area contributed by atoms with Crippen molar-refractivity contribution < 1.29 is 14.7 Å². The van der Waals surface area contributed by atoms with E-state index in [2.05, 4.69) is 10.6 Å². The Morgan fingerprint density at radius 3 is 2.81 bits per heavy atom. The van der Waals surface area contributed by atoms with Gasteiger partial charge in [0.1, 0.15) is 6.04 Å². The number of hydrogen-bond donors (Lipinski definition) is 3. The highest BCUT2D eigenvalue weighted by molar-refractivity contribution is 5.85. The van der Waals surface area contributed by atoms with Crippen LogP contribution in [0.4, 0.5) is 0 Å². The molecule has 3 N–H and O–H groups in total. The van der Waals surface area contributed by atoms with Crippen molar-refractivity contribution >= 4 is 11.9 Å². The molecule has 0 aliphatic carbocycles. The van der Waals surface area contributed by atoms with Crippen LogP contribution in [0.3, 0.4) is 0 Å². The lowest BCUT2D eigenvalue weighted by Gasteiger charge is -2.23. The summed E-state index contributed by atoms with van der Waals surface area (Å²) >= 11 is 0. The first kappa shape index (κ1) is 13.0. The van der Waals surface area contributed by atoms with Gasteiger partial charge in [-0.2, -0.15) is 0 Å². The minimum absolute atomic E-state index is 0.0764. The van der Waals surface area contributed by atoms with Crippen LogP contribution in [0.5, 0.6) is 0 Å². The van der Waals surface area contributed by atoms with Crippen molar-refractivity contribution in [3.8, 4) is 0 Å². The number of carbonyl (C=O) groups is 2. The number of amides is 1. The lowest BCUT2D eigenvalue weighted by molar-refractivity contribution is -0.142. The summed E-state index contributed by atoms with van der Waals surface area (Å²) in [5.74, 6) is -1.15. The highest BCUT2D eigenvalue weighted by Gasteiger charge is 2.25. The molecule has 0 bridgehead atoms. The average molecular weight is 228 g/mol. The Labute approximate surface area is 95.6 Å². The van der Waals surface area contributed by atoms with Crippen molar-refractivity contribution in [1.82, 2.24) is 10.6 Å². The molecule has 1 aliphatic rings. The van der Waals surface area contributed by atoms with Crippen LogP contribution < -0.4 is 10.6 Å². The second-order valence-corrected chi connectivity index (χ2v) is 4.23. The van der Waals surface area contributed by atoms with Gasteiger partial charge in [0.05, 0.1) is 5.92 Å². The summed E-state index contributed by atoms with van der Waals surface area (Å²) in [4.78, 5) is 22.7. The molecule has 0 saturated carbocycles. The third kappa shape index (κ3) is 3.81. The summed E-state index contributed by atoms with van der Waals surface area (Å²) in [5.41, 5.74) is 0. The molecule has 1 fully saturated rings. The first-order chi connectivity index (χ1) is 7.65. The smallest absolute Gasteiger partial charge is 0.326 e. The van der Waals surface area contributed by atoms with E-state index in [0.717, 1.165) is 25.8 Å². The lowest BCUT2D eigenvalue weighted by atomic mass is 9.98. The normalized spacial score (nSPS) is 22.4. The van der Waals surface area contributed by atoms with Crippen molar-refractivity contribution in [1.29, 1.82) is 0 Å². The molecule has 92 valence electrons. The molecular formula is C11H20N2O3. The molecule has 5 heteroatoms. The number of rotatable bonds is 5. The zero-order valence-corrected chi connectivity index (χ0v) is 9.66. The van der Waals surface area contributed by atoms with E-state index in [-0.39, 0.29) is 11.8 Å². The fourth-order valence-corrected chi connectivity index (χ4v) is 1.91. The first-order valence-corrected chi connectivity index (χ1v) is 5.89. The summed E-state index contributed by atoms with van der Waals surface area (Å²) in [5, 5.41) is 14.7. The number of nitrogens with one attached hydrogen (secondary N) is 2. The zero-order valence-electron chi connectivity index (χ0n) is 9.66. The second kappa shape index (κ2) is 6.48. The molecule has 0 aromatic carbocycles. The van der Waals surface area contributed by atoms with Crippen molar-refractivity contribution in [2.45, 2.75) is 38.6 Å². The van der Waals surface area contributed by atoms with Crippen LogP contribution in [-0.4, -0.2) is 36.1 Å². The van der Waals surface area contributed by atoms with Gasteiger partial charge < -0.3 is 15.7 Å². The van der Waals surface area contributed by atoms with Crippen LogP contribution in [0.15, 0.2) is 0 Å². The Morgan fingerprint density at radius 1 is 1.56 bits per heavy atom. The molecule has 1 heterocycles. The van der Waals surface area contributed by atoms with E-state index >= 15 is 0 Å². The van der Waals surface area contributed by atoms with Crippen LogP contribution in [0.25, 0.3) is 0 Å². The van der Waals surface area contributed by atoms with E-state index < -0.39 is 12.0 Å². The molecule has 1 saturated heterocycles. The molecule has 0 aromatic rings. The largest absolute Gasteiger partial charge is 0.480 e. The molecule has 2 unspecified atom stereocenters. The minimum atomic E-state index is -0.945. The predicted octanol–water partition coefficient (Wildman–Crippen LogP) is 0.356. The van der Waals surface area contributed by atoms with Gasteiger partial charge in [0.2, 0.25) is 5.91 Å². The molecule has 16 heavy (non-hydrogen) atoms. The van der Waals surface area contributed by atoms with Gasteiger partial charge in [-0.15, -0.1) is 0 Å². The van der Waals surface area contributed by atoms with Crippen molar-refractivity contribution in [2.24, 2.45) is 5.92 Å². The summed E-state index contributed by atoms with van der Waals surface area (Å²) < 4.78 is 0. The Bertz CT molecular complexity index is 250. The number of carboxylic acid groups (broad SMARTS) is 1. The minimum Gasteiger partial charge on any atom is -0.480 e. The van der Waals surface area contributed by atoms with E-state index in [9.17, 15) is 9.59 Å². The molecule has 2 atom stereocenters. The lowest BCUT2D eigenvalue weighted by Crippen LogP contribution is -2.47. The Balaban J connectivity index is 2.43. The Kier molecular flexibility index (Phi) is 5.25. The third-order valence-electron chi connectivity index (χ3n) is 2.86. The Hall–Kier alpha value is -1.10. The van der Waals surface area contributed by atoms with Crippen LogP contribution in [0.2, 0.25) is 0 Å². The van der Waals surface area contributed by atoms with Gasteiger partial charge in [-0.3, -0.25) is 4.79 Å². The van der Waals surface area contributed by atoms with Crippen LogP contribution in [-0.2, 0) is 9.59 Å². The highest BCUT2D eigenvalue weighted by Crippen LogP contribution is 2.10. The van der Waals surface area contributed by atoms with E-state index in [1.807, 2.05) is 6.92 Å². The fourth-order valence-electron chi connectivity index (χ4n) is 1.91. The monoisotopic (exact) mass is 228 g/mol. The van der Waals surface area contributed by atoms with Gasteiger partial charge >= 0.3 is 5.97 Å². The third-order valence-corrected chi connectivity index (χ3v) is 2.86. The van der Waals surface area contributed by atoms with Crippen LogP contribution >= 0.6 is 0 Å². The summed E-state index contributed by atoms with van der Waals surface area (Å²) in [6, 6.07) is -0.737. The summed E-state index contributed by atoms with van der Waals surface area (Å²) in [6.45, 7) is 3.51. The number of carboxylic acids is 1.